The number of unbranched alkanes of at least 4 members (excludes halogenated alkanes) is 8. The zero-order chi connectivity index (χ0) is 35.3. The molecule has 0 spiro atoms. The van der Waals surface area contributed by atoms with Crippen LogP contribution in [0.3, 0.4) is 0 Å². The van der Waals surface area contributed by atoms with Gasteiger partial charge in [-0.1, -0.05) is 105 Å². The molecule has 1 amide bonds. The van der Waals surface area contributed by atoms with Crippen molar-refractivity contribution in [1.82, 2.24) is 10.2 Å². The number of alkyl carbamates (subject to hydrolysis) is 1. The Morgan fingerprint density at radius 3 is 1.90 bits per heavy atom. The Balaban J connectivity index is 0.962. The van der Waals surface area contributed by atoms with Crippen LogP contribution in [-0.2, 0) is 16.1 Å². The minimum Gasteiger partial charge on any atom is -0.496 e. The monoisotopic (exact) mass is 686 g/mol. The number of piperidine rings is 1. The second-order valence-corrected chi connectivity index (χ2v) is 14.6. The fourth-order valence-electron chi connectivity index (χ4n) is 7.00. The first-order valence-electron chi connectivity index (χ1n) is 19.2. The minimum atomic E-state index is -0.332. The molecule has 7 heteroatoms. The van der Waals surface area contributed by atoms with Crippen molar-refractivity contribution in [3.63, 3.8) is 0 Å². The van der Waals surface area contributed by atoms with E-state index in [0.717, 1.165) is 72.4 Å². The van der Waals surface area contributed by atoms with Gasteiger partial charge in [-0.25, -0.2) is 4.79 Å². The van der Waals surface area contributed by atoms with Gasteiger partial charge in [-0.05, 0) is 75.1 Å². The number of carbonyl (C=O) groups excluding carboxylic acids is 1. The van der Waals surface area contributed by atoms with Crippen LogP contribution in [0.1, 0.15) is 99.8 Å². The van der Waals surface area contributed by atoms with E-state index in [4.69, 9.17) is 14.2 Å². The number of nitrogens with zero attached hydrogens (tertiary/aromatic N) is 2. The Labute approximate surface area is 302 Å². The Bertz CT molecular complexity index is 1290. The maximum absolute atomic E-state index is 12.9. The van der Waals surface area contributed by atoms with Crippen LogP contribution < -0.4 is 10.1 Å². The molecule has 1 saturated heterocycles. The maximum atomic E-state index is 12.9. The van der Waals surface area contributed by atoms with E-state index in [-0.39, 0.29) is 18.2 Å². The molecule has 0 bridgehead atoms. The molecule has 0 aliphatic carbocycles. The fourth-order valence-corrected chi connectivity index (χ4v) is 7.00. The molecule has 1 aliphatic rings. The van der Waals surface area contributed by atoms with Crippen LogP contribution in [0.5, 0.6) is 5.75 Å². The van der Waals surface area contributed by atoms with Crippen LogP contribution in [0, 0.1) is 0 Å². The average molecular weight is 687 g/mol. The Morgan fingerprint density at radius 1 is 0.740 bits per heavy atom. The quantitative estimate of drug-likeness (QED) is 0.0797. The Hall–Kier alpha value is -3.39. The van der Waals surface area contributed by atoms with Gasteiger partial charge in [0.2, 0.25) is 0 Å². The molecule has 1 N–H and O–H groups in total. The number of para-hydroxylation sites is 1. The number of hydrogen-bond acceptors (Lipinski definition) is 5. The molecule has 0 unspecified atom stereocenters. The van der Waals surface area contributed by atoms with Crippen LogP contribution in [0.25, 0.3) is 0 Å². The second kappa shape index (κ2) is 22.4. The Kier molecular flexibility index (Phi) is 17.7. The summed E-state index contributed by atoms with van der Waals surface area (Å²) in [5, 5.41) is 3.12. The van der Waals surface area contributed by atoms with Gasteiger partial charge in [0.05, 0.1) is 46.9 Å². The molecule has 3 aromatic rings. The van der Waals surface area contributed by atoms with E-state index >= 15 is 0 Å². The van der Waals surface area contributed by atoms with Crippen LogP contribution in [0.4, 0.5) is 4.79 Å². The molecule has 274 valence electrons. The first-order chi connectivity index (χ1) is 24.4. The van der Waals surface area contributed by atoms with Crippen molar-refractivity contribution in [2.24, 2.45) is 0 Å². The number of rotatable bonds is 23. The number of ether oxygens (including phenoxy) is 3. The highest BCUT2D eigenvalue weighted by atomic mass is 16.6. The van der Waals surface area contributed by atoms with Gasteiger partial charge >= 0.3 is 6.09 Å². The summed E-state index contributed by atoms with van der Waals surface area (Å²) in [4.78, 5) is 15.5. The van der Waals surface area contributed by atoms with E-state index in [9.17, 15) is 4.79 Å². The lowest BCUT2D eigenvalue weighted by Crippen LogP contribution is -2.41. The summed E-state index contributed by atoms with van der Waals surface area (Å²) < 4.78 is 18.3. The normalized spacial score (nSPS) is 14.2. The molecule has 1 aliphatic heterocycles. The Morgan fingerprint density at radius 2 is 1.28 bits per heavy atom. The van der Waals surface area contributed by atoms with Gasteiger partial charge in [0.1, 0.15) is 11.9 Å². The third kappa shape index (κ3) is 14.8. The van der Waals surface area contributed by atoms with Crippen molar-refractivity contribution >= 4 is 6.09 Å². The molecule has 7 nitrogen and oxygen atoms in total. The maximum Gasteiger partial charge on any atom is 0.408 e. The molecule has 3 aromatic carbocycles. The zero-order valence-corrected chi connectivity index (χ0v) is 31.2. The predicted molar refractivity (Wildman–Crippen MR) is 204 cm³/mol. The van der Waals surface area contributed by atoms with E-state index in [0.29, 0.717) is 6.61 Å². The smallest absolute Gasteiger partial charge is 0.408 e. The number of methoxy groups -OCH3 is 1. The first kappa shape index (κ1) is 39.4. The lowest BCUT2D eigenvalue weighted by atomic mass is 9.99. The van der Waals surface area contributed by atoms with E-state index in [1.54, 1.807) is 7.11 Å². The van der Waals surface area contributed by atoms with E-state index in [2.05, 4.69) is 30.4 Å². The van der Waals surface area contributed by atoms with Crippen molar-refractivity contribution in [2.45, 2.75) is 95.8 Å². The summed E-state index contributed by atoms with van der Waals surface area (Å²) in [6.07, 6.45) is 14.3. The van der Waals surface area contributed by atoms with Crippen molar-refractivity contribution < 1.29 is 23.5 Å². The topological polar surface area (TPSA) is 60.0 Å². The summed E-state index contributed by atoms with van der Waals surface area (Å²) in [6.45, 7) is 7.13. The number of carbonyl (C=O) groups is 1. The van der Waals surface area contributed by atoms with Gasteiger partial charge in [-0.2, -0.15) is 0 Å². The van der Waals surface area contributed by atoms with Gasteiger partial charge in [-0.3, -0.25) is 0 Å². The van der Waals surface area contributed by atoms with Crippen LogP contribution in [0.15, 0.2) is 84.9 Å². The van der Waals surface area contributed by atoms with E-state index in [1.807, 2.05) is 78.9 Å². The van der Waals surface area contributed by atoms with Crippen LogP contribution in [-0.4, -0.2) is 82.1 Å². The number of amides is 1. The summed E-state index contributed by atoms with van der Waals surface area (Å²) in [6, 6.07) is 28.1. The second-order valence-electron chi connectivity index (χ2n) is 14.6. The number of likely N-dealkylation sites (tertiary alicyclic amines) is 1. The minimum absolute atomic E-state index is 0.0173. The first-order valence-corrected chi connectivity index (χ1v) is 19.2. The largest absolute Gasteiger partial charge is 0.496 e. The van der Waals surface area contributed by atoms with E-state index < -0.39 is 0 Å². The van der Waals surface area contributed by atoms with E-state index in [1.165, 1.54) is 70.9 Å². The molecule has 0 radical (unpaired) electrons. The highest BCUT2D eigenvalue weighted by molar-refractivity contribution is 5.69. The predicted octanol–water partition coefficient (Wildman–Crippen LogP) is 9.17. The number of benzene rings is 3. The van der Waals surface area contributed by atoms with Gasteiger partial charge in [0, 0.05) is 25.3 Å². The third-order valence-corrected chi connectivity index (χ3v) is 10.1. The third-order valence-electron chi connectivity index (χ3n) is 10.1. The molecule has 4 rings (SSSR count). The standard InChI is InChI=1S/C43H63N3O4/c1-46(2,34-20-8-9-21-35-49-36-39-26-16-17-27-41(39)48-3)33-19-7-5-4-6-18-30-45-31-28-40(29-32-45)50-43(47)44-42(37-22-12-10-13-23-37)38-24-14-11-15-25-38/h10-17,22-27,40,42H,4-9,18-21,28-36H2,1-3H3/p+1. The number of hydrogen-bond donors (Lipinski definition) is 1. The highest BCUT2D eigenvalue weighted by Gasteiger charge is 2.24. The van der Waals surface area contributed by atoms with Crippen LogP contribution in [0.2, 0.25) is 0 Å². The molecule has 0 aromatic heterocycles. The molecule has 50 heavy (non-hydrogen) atoms. The van der Waals surface area contributed by atoms with Crippen molar-refractivity contribution in [3.8, 4) is 5.75 Å². The molecule has 1 heterocycles. The average Bonchev–Trinajstić information content (AvgIpc) is 3.14. The summed E-state index contributed by atoms with van der Waals surface area (Å²) >= 11 is 0. The van der Waals surface area contributed by atoms with Gasteiger partial charge in [0.25, 0.3) is 0 Å². The number of quaternary nitrogens is 1. The molecule has 0 atom stereocenters. The highest BCUT2D eigenvalue weighted by Crippen LogP contribution is 2.23. The summed E-state index contributed by atoms with van der Waals surface area (Å²) in [5.41, 5.74) is 3.22. The summed E-state index contributed by atoms with van der Waals surface area (Å²) in [5.74, 6) is 0.906. The van der Waals surface area contributed by atoms with Crippen molar-refractivity contribution in [3.05, 3.63) is 102 Å². The SMILES string of the molecule is COc1ccccc1COCCCCCC[N+](C)(C)CCCCCCCCN1CCC(OC(=O)NC(c2ccccc2)c2ccccc2)CC1. The van der Waals surface area contributed by atoms with Gasteiger partial charge < -0.3 is 28.9 Å². The summed E-state index contributed by atoms with van der Waals surface area (Å²) in [7, 11) is 6.50. The fraction of sp³-hybridized carbons (Fsp3) is 0.558. The molecule has 0 saturated carbocycles. The van der Waals surface area contributed by atoms with Gasteiger partial charge in [-0.15, -0.1) is 0 Å². The van der Waals surface area contributed by atoms with Gasteiger partial charge in [0.15, 0.2) is 0 Å². The molecular weight excluding hydrogens is 622 g/mol. The number of nitrogens with one attached hydrogen (secondary N) is 1. The zero-order valence-electron chi connectivity index (χ0n) is 31.2. The molecule has 1 fully saturated rings. The van der Waals surface area contributed by atoms with Crippen molar-refractivity contribution in [2.75, 3.05) is 60.5 Å². The lowest BCUT2D eigenvalue weighted by Gasteiger charge is -2.32. The van der Waals surface area contributed by atoms with Crippen LogP contribution >= 0.6 is 0 Å². The lowest BCUT2D eigenvalue weighted by molar-refractivity contribution is -0.890. The van der Waals surface area contributed by atoms with Crippen molar-refractivity contribution in [1.29, 1.82) is 0 Å². The molecular formula is C43H64N3O4+.